The molecular formula is C22H21FN2O2. The number of rotatable bonds is 4. The van der Waals surface area contributed by atoms with Crippen LogP contribution in [0.5, 0.6) is 5.75 Å². The third kappa shape index (κ3) is 2.94. The molecule has 0 spiro atoms. The summed E-state index contributed by atoms with van der Waals surface area (Å²) in [6.07, 6.45) is 0. The molecule has 1 aliphatic heterocycles. The van der Waals surface area contributed by atoms with E-state index in [2.05, 4.69) is 0 Å². The highest BCUT2D eigenvalue weighted by molar-refractivity contribution is 6.11. The van der Waals surface area contributed by atoms with Crippen molar-refractivity contribution < 1.29 is 13.9 Å². The maximum atomic E-state index is 14.2. The number of hydrogen-bond acceptors (Lipinski definition) is 3. The Morgan fingerprint density at radius 1 is 1.07 bits per heavy atom. The predicted octanol–water partition coefficient (Wildman–Crippen LogP) is 3.69. The minimum atomic E-state index is -0.410. The van der Waals surface area contributed by atoms with Gasteiger partial charge in [0, 0.05) is 30.1 Å². The van der Waals surface area contributed by atoms with Crippen molar-refractivity contribution >= 4 is 16.7 Å². The van der Waals surface area contributed by atoms with Gasteiger partial charge in [-0.2, -0.15) is 0 Å². The molecule has 3 aromatic carbocycles. The predicted molar refractivity (Wildman–Crippen MR) is 104 cm³/mol. The summed E-state index contributed by atoms with van der Waals surface area (Å²) in [6, 6.07) is 16.3. The number of carbonyl (C=O) groups excluding carboxylic acids is 1. The lowest BCUT2D eigenvalue weighted by atomic mass is 9.92. The Morgan fingerprint density at radius 2 is 1.81 bits per heavy atom. The molecule has 1 aliphatic rings. The average Bonchev–Trinajstić information content (AvgIpc) is 2.66. The number of para-hydroxylation sites is 1. The van der Waals surface area contributed by atoms with E-state index in [4.69, 9.17) is 10.5 Å². The summed E-state index contributed by atoms with van der Waals surface area (Å²) in [5.74, 6) is 0.188. The Kier molecular flexibility index (Phi) is 4.54. The van der Waals surface area contributed by atoms with Crippen LogP contribution in [-0.2, 0) is 0 Å². The Hall–Kier alpha value is -2.92. The number of fused-ring (bicyclic) bond motifs is 1. The van der Waals surface area contributed by atoms with E-state index in [-0.39, 0.29) is 11.7 Å². The molecule has 5 heteroatoms. The molecule has 3 aromatic rings. The van der Waals surface area contributed by atoms with Crippen molar-refractivity contribution in [2.75, 3.05) is 26.7 Å². The average molecular weight is 364 g/mol. The van der Waals surface area contributed by atoms with E-state index < -0.39 is 5.82 Å². The van der Waals surface area contributed by atoms with Crippen molar-refractivity contribution in [2.24, 2.45) is 11.7 Å². The molecule has 1 heterocycles. The van der Waals surface area contributed by atoms with Crippen LogP contribution < -0.4 is 10.5 Å². The van der Waals surface area contributed by atoms with Crippen LogP contribution in [0, 0.1) is 11.7 Å². The number of halogens is 1. The molecule has 4 nitrogen and oxygen atoms in total. The van der Waals surface area contributed by atoms with Gasteiger partial charge in [0.2, 0.25) is 0 Å². The van der Waals surface area contributed by atoms with Gasteiger partial charge in [0.15, 0.2) is 11.6 Å². The number of amides is 1. The van der Waals surface area contributed by atoms with Gasteiger partial charge in [0.25, 0.3) is 5.91 Å². The van der Waals surface area contributed by atoms with E-state index in [1.165, 1.54) is 13.2 Å². The quantitative estimate of drug-likeness (QED) is 0.768. The zero-order valence-electron chi connectivity index (χ0n) is 15.1. The fourth-order valence-electron chi connectivity index (χ4n) is 3.70. The second kappa shape index (κ2) is 7.00. The molecule has 138 valence electrons. The van der Waals surface area contributed by atoms with Crippen molar-refractivity contribution in [3.05, 3.63) is 66.0 Å². The van der Waals surface area contributed by atoms with Gasteiger partial charge in [-0.25, -0.2) is 4.39 Å². The molecule has 0 aliphatic carbocycles. The molecule has 0 aromatic heterocycles. The van der Waals surface area contributed by atoms with Crippen molar-refractivity contribution in [2.45, 2.75) is 0 Å². The van der Waals surface area contributed by atoms with Gasteiger partial charge in [-0.3, -0.25) is 4.79 Å². The highest BCUT2D eigenvalue weighted by Crippen LogP contribution is 2.38. The fourth-order valence-corrected chi connectivity index (χ4v) is 3.70. The molecular weight excluding hydrogens is 343 g/mol. The molecule has 0 unspecified atom stereocenters. The zero-order valence-corrected chi connectivity index (χ0v) is 15.1. The minimum Gasteiger partial charge on any atom is -0.493 e. The smallest absolute Gasteiger partial charge is 0.254 e. The van der Waals surface area contributed by atoms with Crippen LogP contribution in [0.15, 0.2) is 54.6 Å². The Morgan fingerprint density at radius 3 is 2.52 bits per heavy atom. The first kappa shape index (κ1) is 17.5. The zero-order chi connectivity index (χ0) is 19.0. The second-order valence-corrected chi connectivity index (χ2v) is 6.84. The van der Waals surface area contributed by atoms with Gasteiger partial charge in [-0.15, -0.1) is 0 Å². The lowest BCUT2D eigenvalue weighted by Crippen LogP contribution is -2.52. The number of nitrogens with zero attached hydrogens (tertiary/aromatic N) is 1. The molecule has 0 radical (unpaired) electrons. The number of methoxy groups -OCH3 is 1. The largest absolute Gasteiger partial charge is 0.493 e. The molecule has 0 atom stereocenters. The molecule has 2 N–H and O–H groups in total. The van der Waals surface area contributed by atoms with Gasteiger partial charge in [-0.05, 0) is 35.0 Å². The molecule has 1 saturated heterocycles. The van der Waals surface area contributed by atoms with Crippen LogP contribution in [0.3, 0.4) is 0 Å². The molecule has 1 amide bonds. The molecule has 1 fully saturated rings. The number of benzene rings is 3. The van der Waals surface area contributed by atoms with Crippen LogP contribution >= 0.6 is 0 Å². The Balaban J connectivity index is 1.83. The first-order valence-electron chi connectivity index (χ1n) is 8.98. The van der Waals surface area contributed by atoms with E-state index in [0.29, 0.717) is 36.7 Å². The summed E-state index contributed by atoms with van der Waals surface area (Å²) in [6.45, 7) is 2.00. The number of nitrogens with two attached hydrogens (primary N) is 1. The number of likely N-dealkylation sites (tertiary alicyclic amines) is 1. The first-order chi connectivity index (χ1) is 13.1. The number of ether oxygens (including phenoxy) is 1. The lowest BCUT2D eigenvalue weighted by molar-refractivity contribution is 0.0517. The summed E-state index contributed by atoms with van der Waals surface area (Å²) in [5.41, 5.74) is 7.82. The highest BCUT2D eigenvalue weighted by atomic mass is 19.1. The number of hydrogen-bond donors (Lipinski definition) is 1. The van der Waals surface area contributed by atoms with E-state index in [1.54, 1.807) is 6.07 Å². The Bertz CT molecular complexity index is 1010. The van der Waals surface area contributed by atoms with Gasteiger partial charge in [-0.1, -0.05) is 42.5 Å². The monoisotopic (exact) mass is 364 g/mol. The normalized spacial score (nSPS) is 14.3. The van der Waals surface area contributed by atoms with Crippen LogP contribution in [0.2, 0.25) is 0 Å². The molecule has 0 bridgehead atoms. The van der Waals surface area contributed by atoms with Crippen LogP contribution in [0.25, 0.3) is 21.9 Å². The van der Waals surface area contributed by atoms with E-state index >= 15 is 0 Å². The fraction of sp³-hybridized carbons (Fsp3) is 0.227. The molecule has 0 saturated carbocycles. The molecule has 27 heavy (non-hydrogen) atoms. The van der Waals surface area contributed by atoms with E-state index in [1.807, 2.05) is 47.4 Å². The topological polar surface area (TPSA) is 55.6 Å². The maximum Gasteiger partial charge on any atom is 0.254 e. The van der Waals surface area contributed by atoms with Crippen LogP contribution in [0.4, 0.5) is 4.39 Å². The van der Waals surface area contributed by atoms with Gasteiger partial charge in [0.05, 0.1) is 7.11 Å². The van der Waals surface area contributed by atoms with Crippen LogP contribution in [-0.4, -0.2) is 37.6 Å². The SMILES string of the molecule is COc1c(F)cccc1-c1ccc(C(=O)N2CC(CN)C2)c2ccccc12. The van der Waals surface area contributed by atoms with E-state index in [9.17, 15) is 9.18 Å². The summed E-state index contributed by atoms with van der Waals surface area (Å²) in [7, 11) is 1.46. The van der Waals surface area contributed by atoms with Crippen LogP contribution in [0.1, 0.15) is 10.4 Å². The maximum absolute atomic E-state index is 14.2. The minimum absolute atomic E-state index is 0.00802. The van der Waals surface area contributed by atoms with Gasteiger partial charge >= 0.3 is 0 Å². The van der Waals surface area contributed by atoms with Crippen molar-refractivity contribution in [1.29, 1.82) is 0 Å². The summed E-state index contributed by atoms with van der Waals surface area (Å²) in [4.78, 5) is 14.7. The Labute approximate surface area is 157 Å². The molecule has 4 rings (SSSR count). The lowest BCUT2D eigenvalue weighted by Gasteiger charge is -2.38. The number of carbonyl (C=O) groups is 1. The van der Waals surface area contributed by atoms with Gasteiger partial charge in [0.1, 0.15) is 0 Å². The summed E-state index contributed by atoms with van der Waals surface area (Å²) < 4.78 is 19.5. The summed E-state index contributed by atoms with van der Waals surface area (Å²) >= 11 is 0. The third-order valence-electron chi connectivity index (χ3n) is 5.19. The van der Waals surface area contributed by atoms with E-state index in [0.717, 1.165) is 16.3 Å². The highest BCUT2D eigenvalue weighted by Gasteiger charge is 2.31. The van der Waals surface area contributed by atoms with Crippen molar-refractivity contribution in [1.82, 2.24) is 4.90 Å². The second-order valence-electron chi connectivity index (χ2n) is 6.84. The summed E-state index contributed by atoms with van der Waals surface area (Å²) in [5, 5.41) is 1.74. The first-order valence-corrected chi connectivity index (χ1v) is 8.98. The standard InChI is InChI=1S/C22H21FN2O2/c1-27-21-18(7-4-8-20(21)23)17-9-10-19(16-6-3-2-5-15(16)17)22(26)25-12-14(11-24)13-25/h2-10,14H,11-13,24H2,1H3. The van der Waals surface area contributed by atoms with Crippen molar-refractivity contribution in [3.8, 4) is 16.9 Å². The third-order valence-corrected chi connectivity index (χ3v) is 5.19. The van der Waals surface area contributed by atoms with Gasteiger partial charge < -0.3 is 15.4 Å². The van der Waals surface area contributed by atoms with Crippen molar-refractivity contribution in [3.63, 3.8) is 0 Å².